The number of unbranched alkanes of at least 4 members (excludes halogenated alkanes) is 27. The van der Waals surface area contributed by atoms with Crippen molar-refractivity contribution in [1.29, 1.82) is 0 Å². The van der Waals surface area contributed by atoms with Gasteiger partial charge in [-0.15, -0.1) is 0 Å². The van der Waals surface area contributed by atoms with Crippen molar-refractivity contribution < 1.29 is 28.6 Å². The zero-order valence-corrected chi connectivity index (χ0v) is 37.9. The Labute approximate surface area is 353 Å². The Bertz CT molecular complexity index is 969. The Kier molecular flexibility index (Phi) is 44.4. The number of hydrogen-bond donors (Lipinski definition) is 0. The molecule has 0 aromatic rings. The van der Waals surface area contributed by atoms with E-state index in [0.717, 1.165) is 96.3 Å². The average molecular weight is 801 g/mol. The molecule has 332 valence electrons. The predicted octanol–water partition coefficient (Wildman–Crippen LogP) is 15.8. The fraction of sp³-hybridized carbons (Fsp3) is 0.824. The number of ether oxygens (including phenoxy) is 3. The highest BCUT2D eigenvalue weighted by molar-refractivity contribution is 5.71. The van der Waals surface area contributed by atoms with E-state index in [2.05, 4.69) is 57.2 Å². The number of carbonyl (C=O) groups excluding carboxylic acids is 3. The standard InChI is InChI=1S/C51H92O6/c1-4-7-10-13-16-19-22-25-26-27-30-32-35-38-41-44-50(53)56-47-48(57-51(54)45-42-39-36-33-29-24-21-18-15-12-9-6-3)46-55-49(52)43-40-37-34-31-28-23-20-17-14-11-8-5-2/h7,10,16,19,25-26,48H,4-6,8-9,11-15,17-18,20-24,27-47H2,1-3H3/b10-7-,19-16-,26-25-/t48-/m1/s1. The van der Waals surface area contributed by atoms with Gasteiger partial charge in [0.2, 0.25) is 0 Å². The van der Waals surface area contributed by atoms with Gasteiger partial charge < -0.3 is 14.2 Å². The zero-order valence-electron chi connectivity index (χ0n) is 37.9. The van der Waals surface area contributed by atoms with Crippen LogP contribution in [0.15, 0.2) is 36.5 Å². The summed E-state index contributed by atoms with van der Waals surface area (Å²) in [5, 5.41) is 0. The van der Waals surface area contributed by atoms with Crippen LogP contribution in [0.5, 0.6) is 0 Å². The minimum absolute atomic E-state index is 0.0738. The Hall–Kier alpha value is -2.37. The smallest absolute Gasteiger partial charge is 0.306 e. The molecule has 0 saturated heterocycles. The fourth-order valence-corrected chi connectivity index (χ4v) is 6.99. The maximum atomic E-state index is 12.7. The molecular weight excluding hydrogens is 709 g/mol. The van der Waals surface area contributed by atoms with Crippen molar-refractivity contribution in [3.8, 4) is 0 Å². The molecular formula is C51H92O6. The molecule has 0 fully saturated rings. The molecule has 0 bridgehead atoms. The largest absolute Gasteiger partial charge is 0.462 e. The van der Waals surface area contributed by atoms with Crippen LogP contribution in [-0.2, 0) is 28.6 Å². The van der Waals surface area contributed by atoms with Crippen molar-refractivity contribution in [3.05, 3.63) is 36.5 Å². The molecule has 0 amide bonds. The summed E-state index contributed by atoms with van der Waals surface area (Å²) in [6.07, 6.45) is 52.6. The molecule has 6 nitrogen and oxygen atoms in total. The molecule has 0 rings (SSSR count). The number of rotatable bonds is 44. The van der Waals surface area contributed by atoms with Gasteiger partial charge in [0.1, 0.15) is 13.2 Å². The highest BCUT2D eigenvalue weighted by Gasteiger charge is 2.19. The summed E-state index contributed by atoms with van der Waals surface area (Å²) < 4.78 is 16.7. The summed E-state index contributed by atoms with van der Waals surface area (Å²) in [5.74, 6) is -0.884. The van der Waals surface area contributed by atoms with E-state index in [9.17, 15) is 14.4 Å². The van der Waals surface area contributed by atoms with E-state index in [0.29, 0.717) is 19.3 Å². The SMILES string of the molecule is CC/C=C\C/C=C\C/C=C\CCCCCCCC(=O)OC[C@@H](COC(=O)CCCCCCCCCCCCCC)OC(=O)CCCCCCCCCCCCCC. The quantitative estimate of drug-likeness (QED) is 0.0264. The lowest BCUT2D eigenvalue weighted by Gasteiger charge is -2.18. The maximum Gasteiger partial charge on any atom is 0.306 e. The first-order chi connectivity index (χ1) is 28.0. The summed E-state index contributed by atoms with van der Waals surface area (Å²) in [6, 6.07) is 0. The molecule has 6 heteroatoms. The molecule has 0 aliphatic carbocycles. The molecule has 0 heterocycles. The molecule has 0 aromatic carbocycles. The molecule has 0 N–H and O–H groups in total. The minimum Gasteiger partial charge on any atom is -0.462 e. The summed E-state index contributed by atoms with van der Waals surface area (Å²) in [5.41, 5.74) is 0. The second-order valence-electron chi connectivity index (χ2n) is 16.4. The van der Waals surface area contributed by atoms with E-state index in [4.69, 9.17) is 14.2 Å². The van der Waals surface area contributed by atoms with Crippen LogP contribution in [-0.4, -0.2) is 37.2 Å². The molecule has 57 heavy (non-hydrogen) atoms. The molecule has 1 atom stereocenters. The minimum atomic E-state index is -0.772. The van der Waals surface area contributed by atoms with Gasteiger partial charge in [0, 0.05) is 19.3 Å². The number of esters is 3. The van der Waals surface area contributed by atoms with Crippen molar-refractivity contribution >= 4 is 17.9 Å². The maximum absolute atomic E-state index is 12.7. The van der Waals surface area contributed by atoms with E-state index in [1.165, 1.54) is 116 Å². The summed E-state index contributed by atoms with van der Waals surface area (Å²) in [7, 11) is 0. The monoisotopic (exact) mass is 801 g/mol. The van der Waals surface area contributed by atoms with Gasteiger partial charge in [-0.05, 0) is 51.4 Å². The van der Waals surface area contributed by atoms with Crippen molar-refractivity contribution in [2.24, 2.45) is 0 Å². The van der Waals surface area contributed by atoms with E-state index in [1.54, 1.807) is 0 Å². The fourth-order valence-electron chi connectivity index (χ4n) is 6.99. The molecule has 0 aromatic heterocycles. The lowest BCUT2D eigenvalue weighted by molar-refractivity contribution is -0.167. The normalized spacial score (nSPS) is 12.3. The van der Waals surface area contributed by atoms with Crippen LogP contribution in [0.3, 0.4) is 0 Å². The average Bonchev–Trinajstić information content (AvgIpc) is 3.21. The van der Waals surface area contributed by atoms with Crippen molar-refractivity contribution in [2.75, 3.05) is 13.2 Å². The summed E-state index contributed by atoms with van der Waals surface area (Å²) in [4.78, 5) is 37.8. The number of allylic oxidation sites excluding steroid dienone is 6. The van der Waals surface area contributed by atoms with E-state index in [1.807, 2.05) is 0 Å². The lowest BCUT2D eigenvalue weighted by Crippen LogP contribution is -2.30. The van der Waals surface area contributed by atoms with Gasteiger partial charge in [-0.25, -0.2) is 0 Å². The molecule has 0 aliphatic rings. The van der Waals surface area contributed by atoms with Crippen molar-refractivity contribution in [2.45, 2.75) is 258 Å². The van der Waals surface area contributed by atoms with Crippen LogP contribution in [0, 0.1) is 0 Å². The first kappa shape index (κ1) is 54.6. The first-order valence-electron chi connectivity index (χ1n) is 24.5. The van der Waals surface area contributed by atoms with Gasteiger partial charge in [0.15, 0.2) is 6.10 Å². The van der Waals surface area contributed by atoms with E-state index >= 15 is 0 Å². The Morgan fingerprint density at radius 1 is 0.368 bits per heavy atom. The van der Waals surface area contributed by atoms with E-state index in [-0.39, 0.29) is 31.1 Å². The lowest BCUT2D eigenvalue weighted by atomic mass is 10.0. The van der Waals surface area contributed by atoms with Crippen molar-refractivity contribution in [3.63, 3.8) is 0 Å². The molecule has 0 unspecified atom stereocenters. The van der Waals surface area contributed by atoms with Crippen LogP contribution >= 0.6 is 0 Å². The second kappa shape index (κ2) is 46.3. The Balaban J connectivity index is 4.37. The summed E-state index contributed by atoms with van der Waals surface area (Å²) >= 11 is 0. The molecule has 0 radical (unpaired) electrons. The predicted molar refractivity (Wildman–Crippen MR) is 242 cm³/mol. The Morgan fingerprint density at radius 3 is 1.07 bits per heavy atom. The van der Waals surface area contributed by atoms with Crippen LogP contribution in [0.4, 0.5) is 0 Å². The van der Waals surface area contributed by atoms with Gasteiger partial charge >= 0.3 is 17.9 Å². The van der Waals surface area contributed by atoms with Crippen LogP contribution in [0.25, 0.3) is 0 Å². The molecule has 0 saturated carbocycles. The van der Waals surface area contributed by atoms with Crippen LogP contribution < -0.4 is 0 Å². The van der Waals surface area contributed by atoms with Gasteiger partial charge in [-0.2, -0.15) is 0 Å². The second-order valence-corrected chi connectivity index (χ2v) is 16.4. The molecule has 0 aliphatic heterocycles. The van der Waals surface area contributed by atoms with Crippen molar-refractivity contribution in [1.82, 2.24) is 0 Å². The third-order valence-corrected chi connectivity index (χ3v) is 10.7. The topological polar surface area (TPSA) is 78.9 Å². The first-order valence-corrected chi connectivity index (χ1v) is 24.5. The van der Waals surface area contributed by atoms with Gasteiger partial charge in [-0.3, -0.25) is 14.4 Å². The number of carbonyl (C=O) groups is 3. The highest BCUT2D eigenvalue weighted by Crippen LogP contribution is 2.15. The van der Waals surface area contributed by atoms with Gasteiger partial charge in [-0.1, -0.05) is 218 Å². The van der Waals surface area contributed by atoms with Crippen LogP contribution in [0.2, 0.25) is 0 Å². The molecule has 0 spiro atoms. The third-order valence-electron chi connectivity index (χ3n) is 10.7. The van der Waals surface area contributed by atoms with Gasteiger partial charge in [0.25, 0.3) is 0 Å². The third kappa shape index (κ3) is 44.6. The zero-order chi connectivity index (χ0) is 41.5. The Morgan fingerprint density at radius 2 is 0.684 bits per heavy atom. The highest BCUT2D eigenvalue weighted by atomic mass is 16.6. The summed E-state index contributed by atoms with van der Waals surface area (Å²) in [6.45, 7) is 6.52. The van der Waals surface area contributed by atoms with Crippen LogP contribution in [0.1, 0.15) is 252 Å². The number of hydrogen-bond acceptors (Lipinski definition) is 6. The van der Waals surface area contributed by atoms with E-state index < -0.39 is 6.10 Å². The van der Waals surface area contributed by atoms with Gasteiger partial charge in [0.05, 0.1) is 0 Å².